The van der Waals surface area contributed by atoms with Crippen LogP contribution >= 0.6 is 0 Å². The monoisotopic (exact) mass is 483 g/mol. The van der Waals surface area contributed by atoms with Crippen molar-refractivity contribution in [2.75, 3.05) is 17.2 Å². The Kier molecular flexibility index (Phi) is 7.66. The van der Waals surface area contributed by atoms with Crippen molar-refractivity contribution in [1.29, 1.82) is 0 Å². The zero-order chi connectivity index (χ0) is 25.3. The third-order valence-corrected chi connectivity index (χ3v) is 5.11. The molecule has 4 aromatic rings. The van der Waals surface area contributed by atoms with Gasteiger partial charge in [0.2, 0.25) is 11.9 Å². The van der Waals surface area contributed by atoms with Gasteiger partial charge in [0.15, 0.2) is 11.4 Å². The molecule has 0 atom stereocenters. The minimum Gasteiger partial charge on any atom is -0.491 e. The first-order valence-electron chi connectivity index (χ1n) is 11.2. The molecule has 4 rings (SSSR count). The number of aromatic nitrogens is 5. The Morgan fingerprint density at radius 2 is 1.86 bits per heavy atom. The summed E-state index contributed by atoms with van der Waals surface area (Å²) in [5.74, 6) is -0.115. The third kappa shape index (κ3) is 5.92. The van der Waals surface area contributed by atoms with Crippen LogP contribution in [-0.2, 0) is 11.2 Å². The average molecular weight is 484 g/mol. The van der Waals surface area contributed by atoms with E-state index in [0.29, 0.717) is 36.1 Å². The molecule has 10 nitrogen and oxygen atoms in total. The van der Waals surface area contributed by atoms with Crippen molar-refractivity contribution < 1.29 is 14.3 Å². The van der Waals surface area contributed by atoms with Crippen molar-refractivity contribution >= 4 is 29.3 Å². The first-order chi connectivity index (χ1) is 17.5. The molecule has 36 heavy (non-hydrogen) atoms. The lowest BCUT2D eigenvalue weighted by molar-refractivity contribution is -0.111. The summed E-state index contributed by atoms with van der Waals surface area (Å²) in [5.41, 5.74) is 2.44. The summed E-state index contributed by atoms with van der Waals surface area (Å²) in [6, 6.07) is 13.3. The molecule has 2 amide bonds. The van der Waals surface area contributed by atoms with Gasteiger partial charge in [-0.05, 0) is 30.7 Å². The van der Waals surface area contributed by atoms with E-state index in [9.17, 15) is 9.59 Å². The Labute approximate surface area is 207 Å². The number of nitrogens with zero attached hydrogens (tertiary/aromatic N) is 3. The number of rotatable bonds is 10. The molecule has 3 aromatic heterocycles. The summed E-state index contributed by atoms with van der Waals surface area (Å²) < 4.78 is 5.84. The van der Waals surface area contributed by atoms with Crippen LogP contribution in [0.1, 0.15) is 27.4 Å². The molecule has 0 saturated carbocycles. The van der Waals surface area contributed by atoms with Gasteiger partial charge in [0.05, 0.1) is 17.9 Å². The number of aromatic amines is 2. The molecule has 0 aliphatic carbocycles. The van der Waals surface area contributed by atoms with E-state index in [4.69, 9.17) is 4.74 Å². The molecule has 0 saturated heterocycles. The van der Waals surface area contributed by atoms with Crippen LogP contribution in [0.3, 0.4) is 0 Å². The van der Waals surface area contributed by atoms with E-state index in [1.165, 1.54) is 24.5 Å². The van der Waals surface area contributed by atoms with Gasteiger partial charge in [-0.1, -0.05) is 43.0 Å². The summed E-state index contributed by atoms with van der Waals surface area (Å²) in [4.78, 5) is 44.2. The topological polar surface area (TPSA) is 138 Å². The lowest BCUT2D eigenvalue weighted by Gasteiger charge is -2.10. The summed E-state index contributed by atoms with van der Waals surface area (Å²) in [6.45, 7) is 5.81. The van der Waals surface area contributed by atoms with E-state index >= 15 is 0 Å². The number of hydrogen-bond donors (Lipinski definition) is 4. The second-order valence-electron chi connectivity index (χ2n) is 7.66. The number of pyridine rings is 1. The highest BCUT2D eigenvalue weighted by atomic mass is 16.5. The predicted octanol–water partition coefficient (Wildman–Crippen LogP) is 3.92. The van der Waals surface area contributed by atoms with Crippen LogP contribution in [0.5, 0.6) is 5.75 Å². The van der Waals surface area contributed by atoms with Crippen molar-refractivity contribution in [2.45, 2.75) is 13.3 Å². The van der Waals surface area contributed by atoms with Crippen LogP contribution in [0.4, 0.5) is 11.9 Å². The van der Waals surface area contributed by atoms with E-state index in [-0.39, 0.29) is 17.2 Å². The molecule has 0 fully saturated rings. The van der Waals surface area contributed by atoms with Gasteiger partial charge in [0.25, 0.3) is 11.8 Å². The average Bonchev–Trinajstić information content (AvgIpc) is 3.52. The number of allylic oxidation sites excluding steroid dienone is 2. The van der Waals surface area contributed by atoms with Gasteiger partial charge < -0.3 is 14.7 Å². The number of carbonyl (C=O) groups is 2. The number of benzene rings is 1. The molecule has 0 radical (unpaired) electrons. The van der Waals surface area contributed by atoms with Crippen molar-refractivity contribution in [3.05, 3.63) is 102 Å². The van der Waals surface area contributed by atoms with E-state index in [1.807, 2.05) is 30.3 Å². The van der Waals surface area contributed by atoms with Gasteiger partial charge in [-0.25, -0.2) is 15.0 Å². The second-order valence-corrected chi connectivity index (χ2v) is 7.66. The molecule has 182 valence electrons. The van der Waals surface area contributed by atoms with Gasteiger partial charge in [0.1, 0.15) is 0 Å². The zero-order valence-electron chi connectivity index (χ0n) is 19.6. The van der Waals surface area contributed by atoms with Crippen LogP contribution in [0.2, 0.25) is 0 Å². The predicted molar refractivity (Wildman–Crippen MR) is 137 cm³/mol. The van der Waals surface area contributed by atoms with Crippen molar-refractivity contribution in [2.24, 2.45) is 0 Å². The molecule has 0 aliphatic rings. The number of H-pyrrole nitrogens is 2. The van der Waals surface area contributed by atoms with Crippen LogP contribution in [0, 0.1) is 6.92 Å². The van der Waals surface area contributed by atoms with E-state index in [1.54, 1.807) is 25.3 Å². The first-order valence-corrected chi connectivity index (χ1v) is 11.2. The molecular weight excluding hydrogens is 458 g/mol. The highest BCUT2D eigenvalue weighted by Gasteiger charge is 2.21. The molecular formula is C26H25N7O3. The fourth-order valence-electron chi connectivity index (χ4n) is 3.44. The normalized spacial score (nSPS) is 11.1. The number of carbonyl (C=O) groups excluding carboxylic acids is 2. The smallest absolute Gasteiger partial charge is 0.280 e. The van der Waals surface area contributed by atoms with Crippen LogP contribution in [0.15, 0.2) is 79.8 Å². The summed E-state index contributed by atoms with van der Waals surface area (Å²) >= 11 is 0. The Morgan fingerprint density at radius 1 is 1.03 bits per heavy atom. The summed E-state index contributed by atoms with van der Waals surface area (Å²) in [5, 5.41) is 5.36. The molecule has 1 aromatic carbocycles. The van der Waals surface area contributed by atoms with Gasteiger partial charge in [-0.2, -0.15) is 0 Å². The molecule has 0 spiro atoms. The summed E-state index contributed by atoms with van der Waals surface area (Å²) in [6.07, 6.45) is 8.34. The Hall–Kier alpha value is -4.99. The standard InChI is InChI=1S/C26H25N7O3/c1-3-8-19(23(34)32-25-28-14-15-29-25)21-17(2)30-26(31-21)33-24(35)22-20(11-7-13-27-22)36-16-12-18-9-5-4-6-10-18/h3-11,13-15H,1,12,16H2,2H3,(H2,28,29,32,34)(H2,30,31,33,35)/b19-8+. The number of imidazole rings is 2. The van der Waals surface area contributed by atoms with Crippen LogP contribution < -0.4 is 15.4 Å². The number of aryl methyl sites for hydroxylation is 1. The highest BCUT2D eigenvalue weighted by Crippen LogP contribution is 2.22. The van der Waals surface area contributed by atoms with Crippen molar-refractivity contribution in [1.82, 2.24) is 24.9 Å². The van der Waals surface area contributed by atoms with E-state index in [0.717, 1.165) is 5.56 Å². The number of nitrogens with one attached hydrogen (secondary N) is 4. The van der Waals surface area contributed by atoms with Crippen molar-refractivity contribution in [3.8, 4) is 5.75 Å². The SMILES string of the molecule is C=C/C=C(/C(=O)Nc1ncc[nH]1)c1nc(NC(=O)c2ncccc2OCCc2ccccc2)[nH]c1C. The molecule has 0 bridgehead atoms. The summed E-state index contributed by atoms with van der Waals surface area (Å²) in [7, 11) is 0. The maximum absolute atomic E-state index is 13.0. The lowest BCUT2D eigenvalue weighted by Crippen LogP contribution is -2.17. The second kappa shape index (κ2) is 11.4. The van der Waals surface area contributed by atoms with Crippen molar-refractivity contribution in [3.63, 3.8) is 0 Å². The molecule has 4 N–H and O–H groups in total. The minimum absolute atomic E-state index is 0.124. The van der Waals surface area contributed by atoms with Gasteiger partial charge in [-0.3, -0.25) is 20.2 Å². The zero-order valence-corrected chi connectivity index (χ0v) is 19.6. The van der Waals surface area contributed by atoms with E-state index < -0.39 is 11.8 Å². The van der Waals surface area contributed by atoms with Crippen LogP contribution in [-0.4, -0.2) is 43.3 Å². The Bertz CT molecular complexity index is 1380. The fourth-order valence-corrected chi connectivity index (χ4v) is 3.44. The quantitative estimate of drug-likeness (QED) is 0.199. The maximum Gasteiger partial charge on any atom is 0.280 e. The Balaban J connectivity index is 1.46. The molecule has 3 heterocycles. The lowest BCUT2D eigenvalue weighted by atomic mass is 10.1. The highest BCUT2D eigenvalue weighted by molar-refractivity contribution is 6.25. The number of ether oxygens (including phenoxy) is 1. The fraction of sp³-hybridized carbons (Fsp3) is 0.115. The molecule has 0 unspecified atom stereocenters. The maximum atomic E-state index is 13.0. The molecule has 10 heteroatoms. The third-order valence-electron chi connectivity index (χ3n) is 5.11. The van der Waals surface area contributed by atoms with Gasteiger partial charge >= 0.3 is 0 Å². The number of amides is 2. The van der Waals surface area contributed by atoms with Crippen LogP contribution in [0.25, 0.3) is 5.57 Å². The number of anilines is 2. The molecule has 0 aliphatic heterocycles. The van der Waals surface area contributed by atoms with E-state index in [2.05, 4.69) is 42.1 Å². The first kappa shape index (κ1) is 24.1. The largest absolute Gasteiger partial charge is 0.491 e. The Morgan fingerprint density at radius 3 is 2.61 bits per heavy atom. The minimum atomic E-state index is -0.500. The number of hydrogen-bond acceptors (Lipinski definition) is 6. The van der Waals surface area contributed by atoms with Gasteiger partial charge in [-0.15, -0.1) is 0 Å². The van der Waals surface area contributed by atoms with Gasteiger partial charge in [0, 0.05) is 30.7 Å².